The highest BCUT2D eigenvalue weighted by Crippen LogP contribution is 2.34. The van der Waals surface area contributed by atoms with Crippen molar-refractivity contribution in [3.63, 3.8) is 0 Å². The largest absolute Gasteiger partial charge is 0.497 e. The zero-order chi connectivity index (χ0) is 33.1. The molecule has 3 aromatic rings. The number of aromatic nitrogens is 1. The Hall–Kier alpha value is -3.31. The molecular formula is C33H46ClF3N4O4. The van der Waals surface area contributed by atoms with Gasteiger partial charge in [0.25, 0.3) is 0 Å². The van der Waals surface area contributed by atoms with Crippen molar-refractivity contribution in [2.24, 2.45) is 5.73 Å². The quantitative estimate of drug-likeness (QED) is 0.0757. The van der Waals surface area contributed by atoms with Crippen LogP contribution in [0.25, 0.3) is 21.8 Å². The molecule has 1 aromatic heterocycles. The lowest BCUT2D eigenvalue weighted by Crippen LogP contribution is -2.24. The fourth-order valence-corrected chi connectivity index (χ4v) is 5.00. The van der Waals surface area contributed by atoms with E-state index in [9.17, 15) is 18.0 Å². The van der Waals surface area contributed by atoms with E-state index in [0.29, 0.717) is 11.4 Å². The summed E-state index contributed by atoms with van der Waals surface area (Å²) in [4.78, 5) is 25.5. The van der Waals surface area contributed by atoms with Crippen LogP contribution in [-0.2, 0) is 9.59 Å². The van der Waals surface area contributed by atoms with Crippen LogP contribution in [0.4, 0.5) is 18.9 Å². The van der Waals surface area contributed by atoms with Crippen LogP contribution in [0.2, 0.25) is 5.02 Å². The summed E-state index contributed by atoms with van der Waals surface area (Å²) >= 11 is 6.23. The molecule has 45 heavy (non-hydrogen) atoms. The lowest BCUT2D eigenvalue weighted by atomic mass is 10.1. The Kier molecular flexibility index (Phi) is 17.4. The molecule has 0 atom stereocenters. The molecule has 0 saturated heterocycles. The van der Waals surface area contributed by atoms with Gasteiger partial charge in [-0.15, -0.1) is 0 Å². The Morgan fingerprint density at radius 1 is 0.844 bits per heavy atom. The Morgan fingerprint density at radius 2 is 1.44 bits per heavy atom. The number of unbranched alkanes of at least 4 members (excludes halogenated alkanes) is 10. The molecule has 2 aromatic carbocycles. The molecular weight excluding hydrogens is 609 g/mol. The maximum absolute atomic E-state index is 11.8. The van der Waals surface area contributed by atoms with Crippen molar-refractivity contribution in [2.45, 2.75) is 89.6 Å². The minimum absolute atomic E-state index is 0.196. The SMILES string of the molecule is COc1ccc2nc3cc(Cl)ccc3c(NCCCCCCCCCCCC(=O)NCCCCCN)c2c1.O=C(O)C(F)(F)F. The number of halogens is 4. The summed E-state index contributed by atoms with van der Waals surface area (Å²) in [7, 11) is 1.69. The van der Waals surface area contributed by atoms with Crippen LogP contribution in [0.1, 0.15) is 83.5 Å². The third-order valence-corrected chi connectivity index (χ3v) is 7.51. The number of ether oxygens (including phenoxy) is 1. The number of carbonyl (C=O) groups is 2. The number of anilines is 1. The average Bonchev–Trinajstić information content (AvgIpc) is 3.00. The summed E-state index contributed by atoms with van der Waals surface area (Å²) in [5.41, 5.74) is 8.42. The Morgan fingerprint density at radius 3 is 2.07 bits per heavy atom. The fourth-order valence-electron chi connectivity index (χ4n) is 4.84. The summed E-state index contributed by atoms with van der Waals surface area (Å²) in [5, 5.41) is 16.7. The highest BCUT2D eigenvalue weighted by atomic mass is 35.5. The molecule has 0 fully saturated rings. The number of aliphatic carboxylic acids is 1. The first kappa shape index (κ1) is 37.9. The van der Waals surface area contributed by atoms with Crippen molar-refractivity contribution in [3.05, 3.63) is 41.4 Å². The summed E-state index contributed by atoms with van der Waals surface area (Å²) in [5.74, 6) is -1.73. The molecule has 1 amide bonds. The van der Waals surface area contributed by atoms with E-state index in [4.69, 9.17) is 37.0 Å². The van der Waals surface area contributed by atoms with Crippen LogP contribution in [0.5, 0.6) is 5.75 Å². The zero-order valence-corrected chi connectivity index (χ0v) is 26.7. The minimum Gasteiger partial charge on any atom is -0.497 e. The molecule has 0 saturated carbocycles. The summed E-state index contributed by atoms with van der Waals surface area (Å²) in [6.45, 7) is 2.44. The first-order chi connectivity index (χ1) is 21.6. The summed E-state index contributed by atoms with van der Waals surface area (Å²) in [6.07, 6.45) is 9.53. The van der Waals surface area contributed by atoms with Crippen LogP contribution in [-0.4, -0.2) is 54.9 Å². The number of benzene rings is 2. The lowest BCUT2D eigenvalue weighted by molar-refractivity contribution is -0.192. The number of pyridine rings is 1. The fraction of sp³-hybridized carbons (Fsp3) is 0.545. The average molecular weight is 655 g/mol. The Bertz CT molecular complexity index is 1340. The first-order valence-electron chi connectivity index (χ1n) is 15.6. The number of carboxylic acid groups (broad SMARTS) is 1. The molecule has 3 rings (SSSR count). The number of carboxylic acids is 1. The normalized spacial score (nSPS) is 11.2. The highest BCUT2D eigenvalue weighted by Gasteiger charge is 2.38. The van der Waals surface area contributed by atoms with Crippen molar-refractivity contribution in [1.82, 2.24) is 10.3 Å². The molecule has 0 radical (unpaired) electrons. The van der Waals surface area contributed by atoms with Gasteiger partial charge in [-0.05, 0) is 68.6 Å². The van der Waals surface area contributed by atoms with Crippen LogP contribution in [0.3, 0.4) is 0 Å². The summed E-state index contributed by atoms with van der Waals surface area (Å²) in [6, 6.07) is 11.9. The molecule has 0 spiro atoms. The van der Waals surface area contributed by atoms with Crippen molar-refractivity contribution >= 4 is 51.0 Å². The van der Waals surface area contributed by atoms with E-state index in [1.165, 1.54) is 38.5 Å². The monoisotopic (exact) mass is 654 g/mol. The number of hydrogen-bond donors (Lipinski definition) is 4. The number of rotatable bonds is 19. The first-order valence-corrected chi connectivity index (χ1v) is 16.0. The highest BCUT2D eigenvalue weighted by molar-refractivity contribution is 6.31. The van der Waals surface area contributed by atoms with Crippen molar-refractivity contribution in [1.29, 1.82) is 0 Å². The number of fused-ring (bicyclic) bond motifs is 2. The third kappa shape index (κ3) is 14.6. The van der Waals surface area contributed by atoms with Gasteiger partial charge in [-0.1, -0.05) is 63.0 Å². The number of hydrogen-bond acceptors (Lipinski definition) is 6. The molecule has 0 bridgehead atoms. The van der Waals surface area contributed by atoms with Gasteiger partial charge in [0, 0.05) is 35.3 Å². The topological polar surface area (TPSA) is 127 Å². The van der Waals surface area contributed by atoms with Gasteiger partial charge in [-0.3, -0.25) is 4.79 Å². The van der Waals surface area contributed by atoms with E-state index in [2.05, 4.69) is 16.7 Å². The van der Waals surface area contributed by atoms with Crippen molar-refractivity contribution in [3.8, 4) is 5.75 Å². The van der Waals surface area contributed by atoms with Gasteiger partial charge >= 0.3 is 12.1 Å². The second kappa shape index (κ2) is 20.7. The maximum Gasteiger partial charge on any atom is 0.490 e. The molecule has 12 heteroatoms. The standard InChI is InChI=1S/C31H45ClN4O2.C2HF3O2/c1-38-25-16-18-28-27(23-25)31(26-17-15-24(32)22-29(26)36-28)35-21-12-8-6-4-2-3-5-7-10-14-30(37)34-20-13-9-11-19-33;3-2(4,5)1(6)7/h15-18,22-23H,2-14,19-21,33H2,1H3,(H,34,37)(H,35,36);(H,6,7). The van der Waals surface area contributed by atoms with Gasteiger partial charge in [0.2, 0.25) is 5.91 Å². The second-order valence-electron chi connectivity index (χ2n) is 10.9. The number of nitrogens with two attached hydrogens (primary N) is 1. The van der Waals surface area contributed by atoms with E-state index >= 15 is 0 Å². The van der Waals surface area contributed by atoms with Crippen LogP contribution < -0.4 is 21.1 Å². The molecule has 0 aliphatic rings. The second-order valence-corrected chi connectivity index (χ2v) is 11.3. The zero-order valence-electron chi connectivity index (χ0n) is 26.0. The maximum atomic E-state index is 11.8. The molecule has 1 heterocycles. The molecule has 0 aliphatic carbocycles. The smallest absolute Gasteiger partial charge is 0.490 e. The number of nitrogens with one attached hydrogen (secondary N) is 2. The van der Waals surface area contributed by atoms with Crippen molar-refractivity contribution < 1.29 is 32.6 Å². The van der Waals surface area contributed by atoms with Crippen LogP contribution >= 0.6 is 11.6 Å². The number of carbonyl (C=O) groups excluding carboxylic acids is 1. The van der Waals surface area contributed by atoms with E-state index in [1.807, 2.05) is 30.3 Å². The predicted octanol–water partition coefficient (Wildman–Crippen LogP) is 8.24. The minimum atomic E-state index is -5.08. The lowest BCUT2D eigenvalue weighted by Gasteiger charge is -2.14. The van der Waals surface area contributed by atoms with Crippen molar-refractivity contribution in [2.75, 3.05) is 32.1 Å². The molecule has 0 unspecified atom stereocenters. The van der Waals surface area contributed by atoms with Crippen LogP contribution in [0.15, 0.2) is 36.4 Å². The van der Waals surface area contributed by atoms with E-state index in [1.54, 1.807) is 7.11 Å². The van der Waals surface area contributed by atoms with E-state index < -0.39 is 12.1 Å². The van der Waals surface area contributed by atoms with Gasteiger partial charge in [-0.25, -0.2) is 9.78 Å². The third-order valence-electron chi connectivity index (χ3n) is 7.27. The summed E-state index contributed by atoms with van der Waals surface area (Å²) < 4.78 is 37.2. The van der Waals surface area contributed by atoms with Gasteiger partial charge in [-0.2, -0.15) is 13.2 Å². The molecule has 8 nitrogen and oxygen atoms in total. The van der Waals surface area contributed by atoms with Crippen LogP contribution in [0, 0.1) is 0 Å². The Labute approximate surface area is 268 Å². The van der Waals surface area contributed by atoms with Gasteiger partial charge in [0.1, 0.15) is 5.75 Å². The Balaban J connectivity index is 0.000000900. The molecule has 250 valence electrons. The van der Waals surface area contributed by atoms with Gasteiger partial charge in [0.05, 0.1) is 23.8 Å². The number of alkyl halides is 3. The number of amides is 1. The number of methoxy groups -OCH3 is 1. The van der Waals surface area contributed by atoms with E-state index in [0.717, 1.165) is 91.4 Å². The predicted molar refractivity (Wildman–Crippen MR) is 175 cm³/mol. The molecule has 5 N–H and O–H groups in total. The van der Waals surface area contributed by atoms with Gasteiger partial charge < -0.3 is 26.2 Å². The van der Waals surface area contributed by atoms with Gasteiger partial charge in [0.15, 0.2) is 0 Å². The molecule has 0 aliphatic heterocycles. The number of nitrogens with zero attached hydrogens (tertiary/aromatic N) is 1. The van der Waals surface area contributed by atoms with E-state index in [-0.39, 0.29) is 5.91 Å².